The fourth-order valence-corrected chi connectivity index (χ4v) is 3.26. The van der Waals surface area contributed by atoms with Gasteiger partial charge in [-0.25, -0.2) is 0 Å². The van der Waals surface area contributed by atoms with E-state index in [0.29, 0.717) is 18.7 Å². The smallest absolute Gasteiger partial charge is 0.251 e. The van der Waals surface area contributed by atoms with Crippen LogP contribution in [0.25, 0.3) is 0 Å². The normalized spacial score (nSPS) is 10.4. The Morgan fingerprint density at radius 1 is 1.10 bits per heavy atom. The molecule has 0 bridgehead atoms. The predicted octanol–water partition coefficient (Wildman–Crippen LogP) is 4.29. The first kappa shape index (κ1) is 16.2. The number of benzene rings is 2. The largest absolute Gasteiger partial charge is 0.380 e. The molecule has 5 heteroatoms. The van der Waals surface area contributed by atoms with Crippen molar-refractivity contribution in [3.05, 3.63) is 68.1 Å². The Morgan fingerprint density at radius 3 is 2.43 bits per heavy atom. The molecule has 0 radical (unpaired) electrons. The molecule has 0 aliphatic heterocycles. The summed E-state index contributed by atoms with van der Waals surface area (Å²) in [6.07, 6.45) is 0. The van der Waals surface area contributed by atoms with E-state index in [1.165, 1.54) is 0 Å². The van der Waals surface area contributed by atoms with Crippen LogP contribution in [-0.4, -0.2) is 13.0 Å². The minimum Gasteiger partial charge on any atom is -0.380 e. The molecule has 0 saturated carbocycles. The summed E-state index contributed by atoms with van der Waals surface area (Å²) in [7, 11) is 1.67. The first-order valence-electron chi connectivity index (χ1n) is 6.39. The number of rotatable bonds is 5. The summed E-state index contributed by atoms with van der Waals surface area (Å²) in [5.41, 5.74) is 2.76. The van der Waals surface area contributed by atoms with Crippen LogP contribution in [0, 0.1) is 0 Å². The van der Waals surface area contributed by atoms with Gasteiger partial charge < -0.3 is 10.1 Å². The van der Waals surface area contributed by atoms with Gasteiger partial charge in [0.05, 0.1) is 6.61 Å². The Morgan fingerprint density at radius 2 is 1.76 bits per heavy atom. The number of carbonyl (C=O) groups is 1. The Hall–Kier alpha value is -1.17. The molecule has 1 N–H and O–H groups in total. The van der Waals surface area contributed by atoms with E-state index >= 15 is 0 Å². The van der Waals surface area contributed by atoms with Gasteiger partial charge >= 0.3 is 0 Å². The van der Waals surface area contributed by atoms with Crippen LogP contribution in [0.2, 0.25) is 0 Å². The lowest BCUT2D eigenvalue weighted by Gasteiger charge is -2.08. The van der Waals surface area contributed by atoms with Crippen molar-refractivity contribution in [2.45, 2.75) is 13.2 Å². The van der Waals surface area contributed by atoms with Crippen molar-refractivity contribution in [3.8, 4) is 0 Å². The molecule has 0 aromatic heterocycles. The molecule has 0 heterocycles. The van der Waals surface area contributed by atoms with Gasteiger partial charge in [0.2, 0.25) is 0 Å². The van der Waals surface area contributed by atoms with E-state index in [4.69, 9.17) is 4.74 Å². The molecule has 0 aliphatic carbocycles. The zero-order chi connectivity index (χ0) is 15.2. The first-order chi connectivity index (χ1) is 10.1. The molecule has 0 spiro atoms. The third-order valence-electron chi connectivity index (χ3n) is 2.88. The van der Waals surface area contributed by atoms with Gasteiger partial charge in [0, 0.05) is 28.2 Å². The second kappa shape index (κ2) is 7.73. The van der Waals surface area contributed by atoms with Crippen molar-refractivity contribution in [1.29, 1.82) is 0 Å². The highest BCUT2D eigenvalue weighted by atomic mass is 79.9. The second-order valence-corrected chi connectivity index (χ2v) is 6.43. The molecule has 2 aromatic rings. The summed E-state index contributed by atoms with van der Waals surface area (Å²) in [6.45, 7) is 1.06. The molecule has 3 nitrogen and oxygen atoms in total. The van der Waals surface area contributed by atoms with Crippen molar-refractivity contribution < 1.29 is 9.53 Å². The van der Waals surface area contributed by atoms with E-state index in [9.17, 15) is 4.79 Å². The second-order valence-electron chi connectivity index (χ2n) is 4.59. The molecule has 2 aromatic carbocycles. The monoisotopic (exact) mass is 411 g/mol. The Kier molecular flexibility index (Phi) is 5.96. The van der Waals surface area contributed by atoms with Gasteiger partial charge in [-0.3, -0.25) is 4.79 Å². The van der Waals surface area contributed by atoms with Crippen LogP contribution in [0.1, 0.15) is 21.5 Å². The van der Waals surface area contributed by atoms with Gasteiger partial charge in [0.25, 0.3) is 5.91 Å². The molecule has 0 fully saturated rings. The zero-order valence-electron chi connectivity index (χ0n) is 11.5. The van der Waals surface area contributed by atoms with Crippen molar-refractivity contribution in [2.75, 3.05) is 7.11 Å². The molecule has 21 heavy (non-hydrogen) atoms. The quantitative estimate of drug-likeness (QED) is 0.795. The number of halogens is 2. The van der Waals surface area contributed by atoms with Gasteiger partial charge in [-0.05, 0) is 29.3 Å². The third-order valence-corrected chi connectivity index (χ3v) is 3.80. The van der Waals surface area contributed by atoms with Crippen LogP contribution in [0.15, 0.2) is 51.4 Å². The highest BCUT2D eigenvalue weighted by Gasteiger charge is 2.07. The SMILES string of the molecule is COCc1cccc(CNC(=O)c2cc(Br)cc(Br)c2)c1. The van der Waals surface area contributed by atoms with Crippen molar-refractivity contribution in [2.24, 2.45) is 0 Å². The molecule has 0 aliphatic rings. The van der Waals surface area contributed by atoms with E-state index in [1.807, 2.05) is 30.3 Å². The minimum atomic E-state index is -0.103. The maximum absolute atomic E-state index is 12.2. The lowest BCUT2D eigenvalue weighted by molar-refractivity contribution is 0.0950. The van der Waals surface area contributed by atoms with E-state index in [0.717, 1.165) is 20.1 Å². The average Bonchev–Trinajstić information content (AvgIpc) is 2.44. The fourth-order valence-electron chi connectivity index (χ4n) is 1.97. The Labute approximate surface area is 141 Å². The Bertz CT molecular complexity index is 624. The van der Waals surface area contributed by atoms with Crippen molar-refractivity contribution in [1.82, 2.24) is 5.32 Å². The zero-order valence-corrected chi connectivity index (χ0v) is 14.7. The molecular formula is C16H15Br2NO2. The van der Waals surface area contributed by atoms with Gasteiger partial charge in [0.15, 0.2) is 0 Å². The molecule has 0 atom stereocenters. The van der Waals surface area contributed by atoms with Crippen LogP contribution in [0.4, 0.5) is 0 Å². The summed E-state index contributed by atoms with van der Waals surface area (Å²) in [6, 6.07) is 13.5. The number of methoxy groups -OCH3 is 1. The van der Waals surface area contributed by atoms with E-state index < -0.39 is 0 Å². The summed E-state index contributed by atoms with van der Waals surface area (Å²) in [5.74, 6) is -0.103. The highest BCUT2D eigenvalue weighted by molar-refractivity contribution is 9.11. The van der Waals surface area contributed by atoms with Gasteiger partial charge in [-0.1, -0.05) is 56.1 Å². The standard InChI is InChI=1S/C16H15Br2NO2/c1-21-10-12-4-2-3-11(5-12)9-19-16(20)13-6-14(17)8-15(18)7-13/h2-8H,9-10H2,1H3,(H,19,20). The first-order valence-corrected chi connectivity index (χ1v) is 7.98. The summed E-state index contributed by atoms with van der Waals surface area (Å²) >= 11 is 6.76. The minimum absolute atomic E-state index is 0.103. The summed E-state index contributed by atoms with van der Waals surface area (Å²) in [5, 5.41) is 2.92. The van der Waals surface area contributed by atoms with Crippen LogP contribution in [-0.2, 0) is 17.9 Å². The molecule has 110 valence electrons. The van der Waals surface area contributed by atoms with Crippen LogP contribution < -0.4 is 5.32 Å². The molecule has 2 rings (SSSR count). The number of hydrogen-bond acceptors (Lipinski definition) is 2. The van der Waals surface area contributed by atoms with Crippen molar-refractivity contribution >= 4 is 37.8 Å². The third kappa shape index (κ3) is 4.95. The van der Waals surface area contributed by atoms with E-state index in [2.05, 4.69) is 37.2 Å². The van der Waals surface area contributed by atoms with Gasteiger partial charge in [-0.2, -0.15) is 0 Å². The van der Waals surface area contributed by atoms with E-state index in [1.54, 1.807) is 19.2 Å². The molecule has 0 saturated heterocycles. The van der Waals surface area contributed by atoms with E-state index in [-0.39, 0.29) is 5.91 Å². The molecule has 0 unspecified atom stereocenters. The molecule has 1 amide bonds. The maximum atomic E-state index is 12.2. The topological polar surface area (TPSA) is 38.3 Å². The fraction of sp³-hybridized carbons (Fsp3) is 0.188. The summed E-state index contributed by atoms with van der Waals surface area (Å²) < 4.78 is 6.84. The van der Waals surface area contributed by atoms with Gasteiger partial charge in [-0.15, -0.1) is 0 Å². The highest BCUT2D eigenvalue weighted by Crippen LogP contribution is 2.20. The number of hydrogen-bond donors (Lipinski definition) is 1. The lowest BCUT2D eigenvalue weighted by Crippen LogP contribution is -2.22. The number of carbonyl (C=O) groups excluding carboxylic acids is 1. The van der Waals surface area contributed by atoms with Crippen LogP contribution in [0.3, 0.4) is 0 Å². The van der Waals surface area contributed by atoms with Crippen LogP contribution in [0.5, 0.6) is 0 Å². The van der Waals surface area contributed by atoms with Gasteiger partial charge in [0.1, 0.15) is 0 Å². The lowest BCUT2D eigenvalue weighted by atomic mass is 10.1. The van der Waals surface area contributed by atoms with Crippen molar-refractivity contribution in [3.63, 3.8) is 0 Å². The number of nitrogens with one attached hydrogen (secondary N) is 1. The summed E-state index contributed by atoms with van der Waals surface area (Å²) in [4.78, 5) is 12.2. The van der Waals surface area contributed by atoms with Crippen LogP contribution >= 0.6 is 31.9 Å². The molecular weight excluding hydrogens is 398 g/mol. The predicted molar refractivity (Wildman–Crippen MR) is 90.2 cm³/mol. The number of ether oxygens (including phenoxy) is 1. The Balaban J connectivity index is 2.02. The average molecular weight is 413 g/mol. The maximum Gasteiger partial charge on any atom is 0.251 e. The number of amides is 1.